The molecule has 0 fully saturated rings. The van der Waals surface area contributed by atoms with E-state index in [-0.39, 0.29) is 0 Å². The highest BCUT2D eigenvalue weighted by molar-refractivity contribution is 9.10. The minimum atomic E-state index is -0.571. The Labute approximate surface area is 102 Å². The van der Waals surface area contributed by atoms with E-state index in [1.165, 1.54) is 7.11 Å². The Balaban J connectivity index is 3.09. The summed E-state index contributed by atoms with van der Waals surface area (Å²) in [4.78, 5) is 10.8. The summed E-state index contributed by atoms with van der Waals surface area (Å²) in [7, 11) is 1.29. The molecule has 1 aromatic carbocycles. The van der Waals surface area contributed by atoms with E-state index >= 15 is 0 Å². The summed E-state index contributed by atoms with van der Waals surface area (Å²) in [5.41, 5.74) is 1.61. The van der Waals surface area contributed by atoms with E-state index in [9.17, 15) is 4.79 Å². The van der Waals surface area contributed by atoms with Gasteiger partial charge in [-0.2, -0.15) is 0 Å². The van der Waals surface area contributed by atoms with Crippen LogP contribution in [-0.4, -0.2) is 13.1 Å². The number of hydrogen-bond acceptors (Lipinski definition) is 2. The zero-order valence-corrected chi connectivity index (χ0v) is 10.6. The van der Waals surface area contributed by atoms with Crippen LogP contribution in [0.3, 0.4) is 0 Å². The van der Waals surface area contributed by atoms with E-state index in [0.717, 1.165) is 10.0 Å². The molecule has 0 saturated carbocycles. The molecular formula is C11H8BrClO2. The van der Waals surface area contributed by atoms with Crippen LogP contribution in [0.15, 0.2) is 16.6 Å². The summed E-state index contributed by atoms with van der Waals surface area (Å²) >= 11 is 9.27. The highest BCUT2D eigenvalue weighted by Crippen LogP contribution is 2.24. The Morgan fingerprint density at radius 1 is 1.53 bits per heavy atom. The van der Waals surface area contributed by atoms with Crippen molar-refractivity contribution in [2.24, 2.45) is 0 Å². The Hall–Kier alpha value is -0.980. The number of methoxy groups -OCH3 is 1. The molecule has 0 N–H and O–H groups in total. The third-order valence-corrected chi connectivity index (χ3v) is 2.80. The molecule has 1 rings (SSSR count). The van der Waals surface area contributed by atoms with Gasteiger partial charge in [0.05, 0.1) is 7.11 Å². The number of benzene rings is 1. The Bertz CT molecular complexity index is 458. The summed E-state index contributed by atoms with van der Waals surface area (Å²) in [6.07, 6.45) is 0. The first-order chi connectivity index (χ1) is 7.04. The van der Waals surface area contributed by atoms with Gasteiger partial charge in [0.15, 0.2) is 0 Å². The van der Waals surface area contributed by atoms with Crippen LogP contribution in [0, 0.1) is 18.8 Å². The van der Waals surface area contributed by atoms with Gasteiger partial charge in [0.25, 0.3) is 0 Å². The van der Waals surface area contributed by atoms with Gasteiger partial charge in [0.1, 0.15) is 0 Å². The van der Waals surface area contributed by atoms with Crippen LogP contribution in [0.4, 0.5) is 0 Å². The van der Waals surface area contributed by atoms with Gasteiger partial charge in [-0.25, -0.2) is 4.79 Å². The molecule has 0 amide bonds. The molecule has 0 radical (unpaired) electrons. The van der Waals surface area contributed by atoms with E-state index in [1.807, 2.05) is 13.0 Å². The number of carbonyl (C=O) groups is 1. The van der Waals surface area contributed by atoms with Gasteiger partial charge in [0.2, 0.25) is 0 Å². The third kappa shape index (κ3) is 3.26. The zero-order valence-electron chi connectivity index (χ0n) is 8.23. The van der Waals surface area contributed by atoms with Gasteiger partial charge in [-0.3, -0.25) is 0 Å². The number of halogens is 2. The molecule has 4 heteroatoms. The largest absolute Gasteiger partial charge is 0.459 e. The summed E-state index contributed by atoms with van der Waals surface area (Å²) < 4.78 is 5.21. The summed E-state index contributed by atoms with van der Waals surface area (Å²) in [5.74, 6) is 4.44. The molecular weight excluding hydrogens is 279 g/mol. The quantitative estimate of drug-likeness (QED) is 0.542. The first-order valence-electron chi connectivity index (χ1n) is 4.10. The van der Waals surface area contributed by atoms with Crippen molar-refractivity contribution in [1.82, 2.24) is 0 Å². The maximum Gasteiger partial charge on any atom is 0.384 e. The lowest BCUT2D eigenvalue weighted by Gasteiger charge is -2.00. The molecule has 0 aliphatic heterocycles. The van der Waals surface area contributed by atoms with Crippen LogP contribution in [0.1, 0.15) is 11.1 Å². The zero-order chi connectivity index (χ0) is 11.4. The highest BCUT2D eigenvalue weighted by Gasteiger charge is 2.02. The Morgan fingerprint density at radius 3 is 2.80 bits per heavy atom. The topological polar surface area (TPSA) is 26.3 Å². The predicted octanol–water partition coefficient (Wildman–Crippen LogP) is 2.94. The third-order valence-electron chi connectivity index (χ3n) is 1.73. The normalized spacial score (nSPS) is 9.07. The lowest BCUT2D eigenvalue weighted by atomic mass is 10.1. The second-order valence-electron chi connectivity index (χ2n) is 2.82. The molecule has 2 nitrogen and oxygen atoms in total. The maximum absolute atomic E-state index is 10.8. The molecule has 0 atom stereocenters. The Morgan fingerprint density at radius 2 is 2.20 bits per heavy atom. The van der Waals surface area contributed by atoms with Crippen molar-refractivity contribution in [2.45, 2.75) is 6.92 Å². The summed E-state index contributed by atoms with van der Waals surface area (Å²) in [6.45, 7) is 1.89. The highest BCUT2D eigenvalue weighted by atomic mass is 79.9. The number of rotatable bonds is 0. The van der Waals surface area contributed by atoms with Crippen molar-refractivity contribution in [3.63, 3.8) is 0 Å². The number of hydrogen-bond donors (Lipinski definition) is 0. The van der Waals surface area contributed by atoms with Gasteiger partial charge in [-0.1, -0.05) is 17.5 Å². The standard InChI is InChI=1S/C11H8BrClO2/c1-7-5-9(12)8(6-10(7)13)3-4-11(14)15-2/h5-6H,1-2H3. The van der Waals surface area contributed by atoms with Gasteiger partial charge in [-0.15, -0.1) is 0 Å². The lowest BCUT2D eigenvalue weighted by Crippen LogP contribution is -1.94. The molecule has 0 unspecified atom stereocenters. The maximum atomic E-state index is 10.8. The van der Waals surface area contributed by atoms with Crippen LogP contribution in [0.25, 0.3) is 0 Å². The van der Waals surface area contributed by atoms with E-state index in [1.54, 1.807) is 6.07 Å². The van der Waals surface area contributed by atoms with Crippen molar-refractivity contribution in [2.75, 3.05) is 7.11 Å². The number of ether oxygens (including phenoxy) is 1. The second kappa shape index (κ2) is 5.20. The van der Waals surface area contributed by atoms with Crippen molar-refractivity contribution in [3.05, 3.63) is 32.8 Å². The monoisotopic (exact) mass is 286 g/mol. The fourth-order valence-electron chi connectivity index (χ4n) is 0.911. The molecule has 15 heavy (non-hydrogen) atoms. The SMILES string of the molecule is COC(=O)C#Cc1cc(Cl)c(C)cc1Br. The summed E-state index contributed by atoms with van der Waals surface area (Å²) in [5, 5.41) is 0.618. The molecule has 1 aromatic rings. The average molecular weight is 288 g/mol. The minimum absolute atomic E-state index is 0.571. The van der Waals surface area contributed by atoms with Crippen LogP contribution < -0.4 is 0 Å². The lowest BCUT2D eigenvalue weighted by molar-refractivity contribution is -0.133. The smallest absolute Gasteiger partial charge is 0.384 e. The minimum Gasteiger partial charge on any atom is -0.459 e. The predicted molar refractivity (Wildman–Crippen MR) is 62.8 cm³/mol. The Kier molecular flexibility index (Phi) is 4.19. The average Bonchev–Trinajstić information content (AvgIpc) is 2.21. The van der Waals surface area contributed by atoms with Crippen LogP contribution in [0.2, 0.25) is 5.02 Å². The molecule has 0 heterocycles. The van der Waals surface area contributed by atoms with Crippen molar-refractivity contribution in [3.8, 4) is 11.8 Å². The van der Waals surface area contributed by atoms with Gasteiger partial charge >= 0.3 is 5.97 Å². The summed E-state index contributed by atoms with van der Waals surface area (Å²) in [6, 6.07) is 3.56. The first-order valence-corrected chi connectivity index (χ1v) is 5.27. The molecule has 0 aliphatic rings. The first kappa shape index (κ1) is 12.1. The van der Waals surface area contributed by atoms with Crippen LogP contribution in [0.5, 0.6) is 0 Å². The fourth-order valence-corrected chi connectivity index (χ4v) is 1.63. The number of esters is 1. The fraction of sp³-hybridized carbons (Fsp3) is 0.182. The van der Waals surface area contributed by atoms with Gasteiger partial charge in [-0.05, 0) is 40.5 Å². The molecule has 0 saturated heterocycles. The van der Waals surface area contributed by atoms with E-state index in [2.05, 4.69) is 32.5 Å². The van der Waals surface area contributed by atoms with Crippen LogP contribution in [-0.2, 0) is 9.53 Å². The van der Waals surface area contributed by atoms with Crippen molar-refractivity contribution in [1.29, 1.82) is 0 Å². The molecule has 0 aliphatic carbocycles. The van der Waals surface area contributed by atoms with Gasteiger partial charge in [0, 0.05) is 21.0 Å². The van der Waals surface area contributed by atoms with Gasteiger partial charge < -0.3 is 4.74 Å². The number of aryl methyl sites for hydroxylation is 1. The second-order valence-corrected chi connectivity index (χ2v) is 4.08. The molecule has 78 valence electrons. The molecule has 0 bridgehead atoms. The molecule has 0 aromatic heterocycles. The van der Waals surface area contributed by atoms with E-state index in [4.69, 9.17) is 11.6 Å². The molecule has 0 spiro atoms. The number of carbonyl (C=O) groups excluding carboxylic acids is 1. The van der Waals surface area contributed by atoms with Crippen LogP contribution >= 0.6 is 27.5 Å². The van der Waals surface area contributed by atoms with E-state index < -0.39 is 5.97 Å². The van der Waals surface area contributed by atoms with Crippen molar-refractivity contribution >= 4 is 33.5 Å². The van der Waals surface area contributed by atoms with E-state index in [0.29, 0.717) is 10.6 Å². The van der Waals surface area contributed by atoms with Crippen molar-refractivity contribution < 1.29 is 9.53 Å².